The maximum absolute atomic E-state index is 11.9. The quantitative estimate of drug-likeness (QED) is 0.845. The molecule has 15 heavy (non-hydrogen) atoms. The second-order valence-corrected chi connectivity index (χ2v) is 5.97. The van der Waals surface area contributed by atoms with Crippen LogP contribution in [0.1, 0.15) is 12.5 Å². The third kappa shape index (κ3) is 3.32. The number of nitrogens with two attached hydrogens (primary N) is 1. The molecule has 1 aromatic rings. The van der Waals surface area contributed by atoms with Gasteiger partial charge in [-0.1, -0.05) is 19.1 Å². The molecular formula is C11H17NO2S. The highest BCUT2D eigenvalue weighted by molar-refractivity contribution is 7.91. The molecule has 0 aliphatic heterocycles. The predicted octanol–water partition coefficient (Wildman–Crippen LogP) is 1.36. The van der Waals surface area contributed by atoms with Gasteiger partial charge >= 0.3 is 0 Å². The summed E-state index contributed by atoms with van der Waals surface area (Å²) >= 11 is 0. The Morgan fingerprint density at radius 3 is 2.60 bits per heavy atom. The minimum atomic E-state index is -3.17. The zero-order chi connectivity index (χ0) is 11.5. The fourth-order valence-electron chi connectivity index (χ4n) is 1.35. The molecule has 0 heterocycles. The summed E-state index contributed by atoms with van der Waals surface area (Å²) in [6, 6.07) is 6.96. The topological polar surface area (TPSA) is 60.2 Å². The van der Waals surface area contributed by atoms with Gasteiger partial charge in [-0.15, -0.1) is 0 Å². The summed E-state index contributed by atoms with van der Waals surface area (Å²) in [6.07, 6.45) is 0. The van der Waals surface area contributed by atoms with Gasteiger partial charge in [0, 0.05) is 0 Å². The number of sulfone groups is 1. The Balaban J connectivity index is 2.96. The van der Waals surface area contributed by atoms with Crippen molar-refractivity contribution in [2.75, 3.05) is 12.3 Å². The Labute approximate surface area is 91.2 Å². The highest BCUT2D eigenvalue weighted by atomic mass is 32.2. The first-order valence-electron chi connectivity index (χ1n) is 4.95. The van der Waals surface area contributed by atoms with Crippen molar-refractivity contribution < 1.29 is 8.42 Å². The molecule has 0 aromatic heterocycles. The second kappa shape index (κ2) is 4.77. The van der Waals surface area contributed by atoms with Crippen LogP contribution in [0.25, 0.3) is 0 Å². The van der Waals surface area contributed by atoms with E-state index in [1.54, 1.807) is 18.2 Å². The van der Waals surface area contributed by atoms with E-state index in [2.05, 4.69) is 0 Å². The summed E-state index contributed by atoms with van der Waals surface area (Å²) in [5.41, 5.74) is 6.38. The minimum absolute atomic E-state index is 0.00416. The Bertz CT molecular complexity index is 426. The first kappa shape index (κ1) is 12.2. The highest BCUT2D eigenvalue weighted by Crippen LogP contribution is 2.15. The van der Waals surface area contributed by atoms with E-state index in [0.717, 1.165) is 5.56 Å². The number of hydrogen-bond donors (Lipinski definition) is 1. The van der Waals surface area contributed by atoms with Crippen LogP contribution in [0.15, 0.2) is 29.2 Å². The van der Waals surface area contributed by atoms with Crippen molar-refractivity contribution in [1.29, 1.82) is 0 Å². The molecule has 0 saturated carbocycles. The maximum Gasteiger partial charge on any atom is 0.178 e. The van der Waals surface area contributed by atoms with Crippen molar-refractivity contribution in [3.8, 4) is 0 Å². The van der Waals surface area contributed by atoms with Crippen molar-refractivity contribution in [2.24, 2.45) is 11.7 Å². The van der Waals surface area contributed by atoms with Gasteiger partial charge in [0.2, 0.25) is 0 Å². The first-order chi connectivity index (χ1) is 6.95. The van der Waals surface area contributed by atoms with Crippen molar-refractivity contribution in [2.45, 2.75) is 18.7 Å². The Morgan fingerprint density at radius 1 is 1.40 bits per heavy atom. The van der Waals surface area contributed by atoms with Crippen LogP contribution in [0.3, 0.4) is 0 Å². The van der Waals surface area contributed by atoms with Gasteiger partial charge < -0.3 is 5.73 Å². The summed E-state index contributed by atoms with van der Waals surface area (Å²) in [5, 5.41) is 0. The lowest BCUT2D eigenvalue weighted by molar-refractivity contribution is 0.574. The molecule has 0 bridgehead atoms. The minimum Gasteiger partial charge on any atom is -0.330 e. The van der Waals surface area contributed by atoms with Crippen LogP contribution in [-0.4, -0.2) is 20.7 Å². The van der Waals surface area contributed by atoms with Crippen molar-refractivity contribution in [1.82, 2.24) is 0 Å². The van der Waals surface area contributed by atoms with Gasteiger partial charge in [-0.3, -0.25) is 0 Å². The molecule has 0 amide bonds. The average Bonchev–Trinajstić information content (AvgIpc) is 2.17. The van der Waals surface area contributed by atoms with E-state index in [4.69, 9.17) is 5.73 Å². The van der Waals surface area contributed by atoms with Crippen LogP contribution in [-0.2, 0) is 9.84 Å². The average molecular weight is 227 g/mol. The monoisotopic (exact) mass is 227 g/mol. The fraction of sp³-hybridized carbons (Fsp3) is 0.455. The van der Waals surface area contributed by atoms with Gasteiger partial charge in [0.05, 0.1) is 10.6 Å². The molecule has 3 nitrogen and oxygen atoms in total. The summed E-state index contributed by atoms with van der Waals surface area (Å²) in [7, 11) is -3.17. The molecule has 0 spiro atoms. The summed E-state index contributed by atoms with van der Waals surface area (Å²) in [6.45, 7) is 4.11. The van der Waals surface area contributed by atoms with Crippen LogP contribution >= 0.6 is 0 Å². The molecule has 0 saturated heterocycles. The third-order valence-electron chi connectivity index (χ3n) is 2.25. The normalized spacial score (nSPS) is 13.8. The first-order valence-corrected chi connectivity index (χ1v) is 6.60. The molecule has 1 unspecified atom stereocenters. The van der Waals surface area contributed by atoms with E-state index in [1.807, 2.05) is 19.9 Å². The van der Waals surface area contributed by atoms with E-state index in [1.165, 1.54) is 0 Å². The lowest BCUT2D eigenvalue weighted by atomic mass is 10.2. The molecule has 0 radical (unpaired) electrons. The smallest absolute Gasteiger partial charge is 0.178 e. The predicted molar refractivity (Wildman–Crippen MR) is 61.5 cm³/mol. The largest absolute Gasteiger partial charge is 0.330 e. The van der Waals surface area contributed by atoms with E-state index in [-0.39, 0.29) is 11.7 Å². The second-order valence-electron chi connectivity index (χ2n) is 3.94. The Morgan fingerprint density at radius 2 is 2.07 bits per heavy atom. The summed E-state index contributed by atoms with van der Waals surface area (Å²) in [4.78, 5) is 0.391. The maximum atomic E-state index is 11.9. The lowest BCUT2D eigenvalue weighted by Gasteiger charge is -2.09. The zero-order valence-corrected chi connectivity index (χ0v) is 9.92. The van der Waals surface area contributed by atoms with Gasteiger partial charge in [-0.05, 0) is 37.1 Å². The summed E-state index contributed by atoms with van der Waals surface area (Å²) in [5.74, 6) is 0.114. The Hall–Kier alpha value is -0.870. The van der Waals surface area contributed by atoms with Gasteiger partial charge in [0.15, 0.2) is 9.84 Å². The number of hydrogen-bond acceptors (Lipinski definition) is 3. The van der Waals surface area contributed by atoms with Crippen LogP contribution in [0.4, 0.5) is 0 Å². The van der Waals surface area contributed by atoms with E-state index in [0.29, 0.717) is 11.4 Å². The number of rotatable bonds is 4. The molecular weight excluding hydrogens is 210 g/mol. The molecule has 0 aliphatic rings. The van der Waals surface area contributed by atoms with Crippen LogP contribution in [0.5, 0.6) is 0 Å². The van der Waals surface area contributed by atoms with E-state index in [9.17, 15) is 8.42 Å². The number of aryl methyl sites for hydroxylation is 1. The van der Waals surface area contributed by atoms with Crippen LogP contribution in [0.2, 0.25) is 0 Å². The van der Waals surface area contributed by atoms with E-state index < -0.39 is 9.84 Å². The standard InChI is InChI=1S/C11H17NO2S/c1-9-4-3-5-11(6-9)15(13,14)8-10(2)7-12/h3-6,10H,7-8,12H2,1-2H3. The van der Waals surface area contributed by atoms with Gasteiger partial charge in [-0.2, -0.15) is 0 Å². The van der Waals surface area contributed by atoms with Gasteiger partial charge in [0.25, 0.3) is 0 Å². The molecule has 1 atom stereocenters. The van der Waals surface area contributed by atoms with Gasteiger partial charge in [-0.25, -0.2) is 8.42 Å². The zero-order valence-electron chi connectivity index (χ0n) is 9.10. The number of benzene rings is 1. The SMILES string of the molecule is Cc1cccc(S(=O)(=O)CC(C)CN)c1. The van der Waals surface area contributed by atoms with Crippen LogP contribution < -0.4 is 5.73 Å². The van der Waals surface area contributed by atoms with Gasteiger partial charge in [0.1, 0.15) is 0 Å². The molecule has 1 aromatic carbocycles. The molecule has 4 heteroatoms. The van der Waals surface area contributed by atoms with E-state index >= 15 is 0 Å². The Kier molecular flexibility index (Phi) is 3.88. The van der Waals surface area contributed by atoms with Crippen molar-refractivity contribution in [3.05, 3.63) is 29.8 Å². The molecule has 2 N–H and O–H groups in total. The van der Waals surface area contributed by atoms with Crippen molar-refractivity contribution in [3.63, 3.8) is 0 Å². The molecule has 84 valence electrons. The van der Waals surface area contributed by atoms with Crippen molar-refractivity contribution >= 4 is 9.84 Å². The molecule has 1 rings (SSSR count). The molecule has 0 aliphatic carbocycles. The molecule has 0 fully saturated rings. The summed E-state index contributed by atoms with van der Waals surface area (Å²) < 4.78 is 23.8. The van der Waals surface area contributed by atoms with Crippen LogP contribution in [0, 0.1) is 12.8 Å². The highest BCUT2D eigenvalue weighted by Gasteiger charge is 2.17. The fourth-order valence-corrected chi connectivity index (χ4v) is 3.08. The third-order valence-corrected chi connectivity index (χ3v) is 4.23. The lowest BCUT2D eigenvalue weighted by Crippen LogP contribution is -2.21.